The van der Waals surface area contributed by atoms with Gasteiger partial charge in [-0.25, -0.2) is 0 Å². The molecule has 3 heteroatoms. The van der Waals surface area contributed by atoms with Crippen molar-refractivity contribution in [2.45, 2.75) is 6.42 Å². The van der Waals surface area contributed by atoms with Gasteiger partial charge >= 0.3 is 0 Å². The van der Waals surface area contributed by atoms with Crippen molar-refractivity contribution in [3.8, 4) is 0 Å². The van der Waals surface area contributed by atoms with E-state index in [1.165, 1.54) is 11.3 Å². The molecule has 0 amide bonds. The van der Waals surface area contributed by atoms with E-state index in [0.29, 0.717) is 0 Å². The van der Waals surface area contributed by atoms with Gasteiger partial charge in [0.25, 0.3) is 0 Å². The monoisotopic (exact) mass is 135 g/mol. The Bertz CT molecular complexity index is 246. The molecule has 2 heterocycles. The zero-order valence-corrected chi connectivity index (χ0v) is 5.91. The zero-order chi connectivity index (χ0) is 6.97. The molecule has 0 atom stereocenters. The molecule has 3 nitrogen and oxygen atoms in total. The van der Waals surface area contributed by atoms with Crippen LogP contribution in [0.4, 0.5) is 5.69 Å². The van der Waals surface area contributed by atoms with Crippen molar-refractivity contribution in [3.05, 3.63) is 18.0 Å². The summed E-state index contributed by atoms with van der Waals surface area (Å²) in [5, 5.41) is 7.63. The lowest BCUT2D eigenvalue weighted by molar-refractivity contribution is 0.955. The standard InChI is InChI=1S/C7H9N3/c1-10-3-2-6-4-8-9-5-7(6)10/h4-5H,2-3H2,1H3. The fraction of sp³-hybridized carbons (Fsp3) is 0.429. The Balaban J connectivity index is 2.51. The quantitative estimate of drug-likeness (QED) is 0.517. The third-order valence-electron chi connectivity index (χ3n) is 1.92. The van der Waals surface area contributed by atoms with Gasteiger partial charge in [0.1, 0.15) is 0 Å². The van der Waals surface area contributed by atoms with Gasteiger partial charge in [-0.1, -0.05) is 0 Å². The molecule has 0 radical (unpaired) electrons. The van der Waals surface area contributed by atoms with Crippen LogP contribution >= 0.6 is 0 Å². The SMILES string of the molecule is CN1CCc2cnncc21. The van der Waals surface area contributed by atoms with E-state index in [-0.39, 0.29) is 0 Å². The summed E-state index contributed by atoms with van der Waals surface area (Å²) in [6, 6.07) is 0. The maximum atomic E-state index is 3.82. The molecular weight excluding hydrogens is 126 g/mol. The molecule has 0 saturated carbocycles. The largest absolute Gasteiger partial charge is 0.373 e. The molecule has 0 bridgehead atoms. The van der Waals surface area contributed by atoms with Gasteiger partial charge in [0.05, 0.1) is 18.1 Å². The molecule has 10 heavy (non-hydrogen) atoms. The number of nitrogens with zero attached hydrogens (tertiary/aromatic N) is 3. The summed E-state index contributed by atoms with van der Waals surface area (Å²) in [5.74, 6) is 0. The lowest BCUT2D eigenvalue weighted by Gasteiger charge is -2.09. The maximum Gasteiger partial charge on any atom is 0.0732 e. The first kappa shape index (κ1) is 5.65. The molecule has 1 aliphatic heterocycles. The van der Waals surface area contributed by atoms with Crippen molar-refractivity contribution in [1.82, 2.24) is 10.2 Å². The van der Waals surface area contributed by atoms with E-state index in [1.807, 2.05) is 12.4 Å². The summed E-state index contributed by atoms with van der Waals surface area (Å²) in [7, 11) is 2.08. The van der Waals surface area contributed by atoms with Crippen LogP contribution in [0.25, 0.3) is 0 Å². The molecule has 0 aromatic carbocycles. The Labute approximate surface area is 59.7 Å². The van der Waals surface area contributed by atoms with E-state index in [9.17, 15) is 0 Å². The predicted octanol–water partition coefficient (Wildman–Crippen LogP) is 0.469. The molecule has 0 fully saturated rings. The Kier molecular flexibility index (Phi) is 1.09. The third kappa shape index (κ3) is 0.667. The molecule has 1 aliphatic rings. The van der Waals surface area contributed by atoms with E-state index >= 15 is 0 Å². The normalized spacial score (nSPS) is 15.5. The number of rotatable bonds is 0. The Morgan fingerprint density at radius 1 is 1.40 bits per heavy atom. The molecular formula is C7H9N3. The van der Waals surface area contributed by atoms with Gasteiger partial charge in [-0.05, 0) is 12.0 Å². The highest BCUT2D eigenvalue weighted by Crippen LogP contribution is 2.23. The molecule has 0 N–H and O–H groups in total. The van der Waals surface area contributed by atoms with Crippen molar-refractivity contribution in [3.63, 3.8) is 0 Å². The average molecular weight is 135 g/mol. The first-order valence-electron chi connectivity index (χ1n) is 3.38. The Morgan fingerprint density at radius 2 is 2.20 bits per heavy atom. The summed E-state index contributed by atoms with van der Waals surface area (Å²) in [5.41, 5.74) is 2.55. The highest BCUT2D eigenvalue weighted by atomic mass is 15.2. The van der Waals surface area contributed by atoms with Gasteiger partial charge in [-0.3, -0.25) is 0 Å². The molecule has 0 spiro atoms. The van der Waals surface area contributed by atoms with Gasteiger partial charge < -0.3 is 4.90 Å². The van der Waals surface area contributed by atoms with E-state index in [2.05, 4.69) is 22.1 Å². The number of fused-ring (bicyclic) bond motifs is 1. The Morgan fingerprint density at radius 3 is 3.00 bits per heavy atom. The van der Waals surface area contributed by atoms with Crippen molar-refractivity contribution in [2.75, 3.05) is 18.5 Å². The van der Waals surface area contributed by atoms with E-state index in [0.717, 1.165) is 13.0 Å². The predicted molar refractivity (Wildman–Crippen MR) is 39.0 cm³/mol. The second kappa shape index (κ2) is 1.94. The molecule has 2 rings (SSSR count). The Hall–Kier alpha value is -1.12. The second-order valence-electron chi connectivity index (χ2n) is 2.57. The smallest absolute Gasteiger partial charge is 0.0732 e. The fourth-order valence-corrected chi connectivity index (χ4v) is 1.29. The fourth-order valence-electron chi connectivity index (χ4n) is 1.29. The zero-order valence-electron chi connectivity index (χ0n) is 5.91. The first-order valence-corrected chi connectivity index (χ1v) is 3.38. The third-order valence-corrected chi connectivity index (χ3v) is 1.92. The summed E-state index contributed by atoms with van der Waals surface area (Å²) in [4.78, 5) is 2.20. The van der Waals surface area contributed by atoms with Crippen LogP contribution < -0.4 is 4.90 Å². The molecule has 0 saturated heterocycles. The van der Waals surface area contributed by atoms with Crippen molar-refractivity contribution >= 4 is 5.69 Å². The number of likely N-dealkylation sites (N-methyl/N-ethyl adjacent to an activating group) is 1. The first-order chi connectivity index (χ1) is 4.88. The summed E-state index contributed by atoms with van der Waals surface area (Å²) < 4.78 is 0. The minimum atomic E-state index is 1.10. The van der Waals surface area contributed by atoms with Crippen LogP contribution in [0.5, 0.6) is 0 Å². The number of anilines is 1. The molecule has 52 valence electrons. The molecule has 0 aliphatic carbocycles. The van der Waals surface area contributed by atoms with Gasteiger partial charge in [-0.15, -0.1) is 0 Å². The van der Waals surface area contributed by atoms with Crippen LogP contribution in [-0.4, -0.2) is 23.8 Å². The molecule has 0 unspecified atom stereocenters. The van der Waals surface area contributed by atoms with Gasteiger partial charge in [0, 0.05) is 13.6 Å². The second-order valence-corrected chi connectivity index (χ2v) is 2.57. The number of aromatic nitrogens is 2. The van der Waals surface area contributed by atoms with Crippen LogP contribution in [0.1, 0.15) is 5.56 Å². The van der Waals surface area contributed by atoms with Crippen LogP contribution in [0, 0.1) is 0 Å². The average Bonchev–Trinajstić information content (AvgIpc) is 2.34. The van der Waals surface area contributed by atoms with Crippen LogP contribution in [-0.2, 0) is 6.42 Å². The number of hydrogen-bond donors (Lipinski definition) is 0. The van der Waals surface area contributed by atoms with Gasteiger partial charge in [-0.2, -0.15) is 10.2 Å². The van der Waals surface area contributed by atoms with E-state index < -0.39 is 0 Å². The van der Waals surface area contributed by atoms with Crippen molar-refractivity contribution < 1.29 is 0 Å². The number of hydrogen-bond acceptors (Lipinski definition) is 3. The summed E-state index contributed by atoms with van der Waals surface area (Å²) in [6.07, 6.45) is 4.78. The minimum absolute atomic E-state index is 1.10. The highest BCUT2D eigenvalue weighted by molar-refractivity contribution is 5.54. The molecule has 1 aromatic heterocycles. The topological polar surface area (TPSA) is 29.0 Å². The molecule has 1 aromatic rings. The highest BCUT2D eigenvalue weighted by Gasteiger charge is 2.14. The van der Waals surface area contributed by atoms with E-state index in [4.69, 9.17) is 0 Å². The van der Waals surface area contributed by atoms with Crippen LogP contribution in [0.15, 0.2) is 12.4 Å². The minimum Gasteiger partial charge on any atom is -0.373 e. The maximum absolute atomic E-state index is 3.82. The van der Waals surface area contributed by atoms with Crippen molar-refractivity contribution in [2.24, 2.45) is 0 Å². The summed E-state index contributed by atoms with van der Waals surface area (Å²) >= 11 is 0. The van der Waals surface area contributed by atoms with E-state index in [1.54, 1.807) is 0 Å². The van der Waals surface area contributed by atoms with Crippen LogP contribution in [0.3, 0.4) is 0 Å². The van der Waals surface area contributed by atoms with Gasteiger partial charge in [0.2, 0.25) is 0 Å². The lowest BCUT2D eigenvalue weighted by Crippen LogP contribution is -2.12. The lowest BCUT2D eigenvalue weighted by atomic mass is 10.2. The van der Waals surface area contributed by atoms with Crippen LogP contribution in [0.2, 0.25) is 0 Å². The summed E-state index contributed by atoms with van der Waals surface area (Å²) in [6.45, 7) is 1.10. The van der Waals surface area contributed by atoms with Gasteiger partial charge in [0.15, 0.2) is 0 Å². The van der Waals surface area contributed by atoms with Crippen molar-refractivity contribution in [1.29, 1.82) is 0 Å².